The van der Waals surface area contributed by atoms with Crippen molar-refractivity contribution in [2.75, 3.05) is 19.3 Å². The van der Waals surface area contributed by atoms with Gasteiger partial charge in [-0.2, -0.15) is 8.42 Å². The van der Waals surface area contributed by atoms with Gasteiger partial charge in [-0.05, 0) is 18.9 Å². The monoisotopic (exact) mass is 487 g/mol. The van der Waals surface area contributed by atoms with Gasteiger partial charge < -0.3 is 4.90 Å². The van der Waals surface area contributed by atoms with E-state index in [0.717, 1.165) is 12.8 Å². The molecule has 0 radical (unpaired) electrons. The van der Waals surface area contributed by atoms with Crippen LogP contribution in [-0.4, -0.2) is 43.1 Å². The average Bonchev–Trinajstić information content (AvgIpc) is 2.77. The molecule has 196 valence electrons. The van der Waals surface area contributed by atoms with Crippen molar-refractivity contribution in [3.05, 3.63) is 12.2 Å². The van der Waals surface area contributed by atoms with E-state index in [1.54, 1.807) is 0 Å². The number of rotatable bonds is 24. The number of nitrogens with zero attached hydrogens (tertiary/aromatic N) is 1. The van der Waals surface area contributed by atoms with Crippen molar-refractivity contribution in [3.63, 3.8) is 0 Å². The molecule has 5 nitrogen and oxygen atoms in total. The van der Waals surface area contributed by atoms with Crippen molar-refractivity contribution in [1.29, 1.82) is 0 Å². The molecule has 0 atom stereocenters. The highest BCUT2D eigenvalue weighted by molar-refractivity contribution is 7.85. The average molecular weight is 488 g/mol. The third kappa shape index (κ3) is 25.6. The predicted octanol–water partition coefficient (Wildman–Crippen LogP) is 7.71. The Morgan fingerprint density at radius 2 is 1.06 bits per heavy atom. The molecule has 0 rings (SSSR count). The molecule has 0 aliphatic carbocycles. The zero-order valence-corrected chi connectivity index (χ0v) is 22.6. The molecule has 6 heteroatoms. The summed E-state index contributed by atoms with van der Waals surface area (Å²) in [6.45, 7) is 2.28. The van der Waals surface area contributed by atoms with Gasteiger partial charge in [-0.25, -0.2) is 0 Å². The highest BCUT2D eigenvalue weighted by Gasteiger charge is 2.10. The summed E-state index contributed by atoms with van der Waals surface area (Å²) in [7, 11) is -2.49. The molecule has 0 aromatic carbocycles. The van der Waals surface area contributed by atoms with E-state index < -0.39 is 15.9 Å². The smallest absolute Gasteiger partial charge is 0.266 e. The largest absolute Gasteiger partial charge is 0.341 e. The fraction of sp³-hybridized carbons (Fsp3) is 0.889. The summed E-state index contributed by atoms with van der Waals surface area (Å²) in [6, 6.07) is 0. The zero-order chi connectivity index (χ0) is 24.6. The maximum atomic E-state index is 11.8. The number of hydrogen-bond acceptors (Lipinski definition) is 3. The van der Waals surface area contributed by atoms with Gasteiger partial charge in [0.25, 0.3) is 10.1 Å². The van der Waals surface area contributed by atoms with Crippen molar-refractivity contribution >= 4 is 16.0 Å². The number of carbonyl (C=O) groups is 1. The number of carbonyl (C=O) groups excluding carboxylic acids is 1. The van der Waals surface area contributed by atoms with Crippen molar-refractivity contribution in [2.45, 2.75) is 135 Å². The second-order valence-electron chi connectivity index (χ2n) is 9.60. The summed E-state index contributed by atoms with van der Waals surface area (Å²) in [5, 5.41) is 0. The van der Waals surface area contributed by atoms with E-state index >= 15 is 0 Å². The SMILES string of the molecule is CCCCCCCCCCCCCCCCCCCCC/C=C/C(=O)N(C)CCS(=O)(=O)O. The van der Waals surface area contributed by atoms with Gasteiger partial charge in [-0.15, -0.1) is 0 Å². The first-order valence-corrected chi connectivity index (χ1v) is 15.3. The molecule has 0 aliphatic rings. The molecule has 0 spiro atoms. The van der Waals surface area contributed by atoms with Crippen LogP contribution in [0.1, 0.15) is 135 Å². The Kier molecular flexibility index (Phi) is 22.3. The first-order valence-electron chi connectivity index (χ1n) is 13.7. The molecular weight excluding hydrogens is 434 g/mol. The minimum absolute atomic E-state index is 0.00125. The standard InChI is InChI=1S/C27H53NO4S/c1-3-4-5-6-7-8-9-10-11-12-13-14-15-16-17-18-19-20-21-22-23-24-27(29)28(2)25-26-33(30,31)32/h23-24H,3-22,25-26H2,1-2H3,(H,30,31,32)/b24-23+. The van der Waals surface area contributed by atoms with Crippen LogP contribution >= 0.6 is 0 Å². The van der Waals surface area contributed by atoms with Gasteiger partial charge in [0.05, 0.1) is 5.75 Å². The van der Waals surface area contributed by atoms with Crippen LogP contribution < -0.4 is 0 Å². The van der Waals surface area contributed by atoms with E-state index in [4.69, 9.17) is 4.55 Å². The Bertz CT molecular complexity index is 575. The minimum Gasteiger partial charge on any atom is -0.341 e. The van der Waals surface area contributed by atoms with Crippen molar-refractivity contribution in [1.82, 2.24) is 4.90 Å². The van der Waals surface area contributed by atoms with Gasteiger partial charge in [0, 0.05) is 13.6 Å². The van der Waals surface area contributed by atoms with Crippen LogP contribution in [-0.2, 0) is 14.9 Å². The van der Waals surface area contributed by atoms with Gasteiger partial charge in [-0.1, -0.05) is 129 Å². The molecule has 1 N–H and O–H groups in total. The topological polar surface area (TPSA) is 74.7 Å². The maximum absolute atomic E-state index is 11.8. The molecule has 33 heavy (non-hydrogen) atoms. The Balaban J connectivity index is 3.31. The third-order valence-corrected chi connectivity index (χ3v) is 6.99. The molecule has 0 aromatic heterocycles. The lowest BCUT2D eigenvalue weighted by Crippen LogP contribution is -2.30. The lowest BCUT2D eigenvalue weighted by molar-refractivity contribution is -0.124. The van der Waals surface area contributed by atoms with Crippen molar-refractivity contribution < 1.29 is 17.8 Å². The van der Waals surface area contributed by atoms with Crippen LogP contribution in [0.15, 0.2) is 12.2 Å². The van der Waals surface area contributed by atoms with Gasteiger partial charge in [0.15, 0.2) is 0 Å². The number of hydrogen-bond donors (Lipinski definition) is 1. The van der Waals surface area contributed by atoms with E-state index in [0.29, 0.717) is 0 Å². The van der Waals surface area contributed by atoms with Crippen molar-refractivity contribution in [3.8, 4) is 0 Å². The van der Waals surface area contributed by atoms with E-state index in [1.165, 1.54) is 134 Å². The van der Waals surface area contributed by atoms with Crippen LogP contribution in [0.5, 0.6) is 0 Å². The Hall–Kier alpha value is -0.880. The summed E-state index contributed by atoms with van der Waals surface area (Å²) in [5.74, 6) is -0.654. The lowest BCUT2D eigenvalue weighted by Gasteiger charge is -2.13. The van der Waals surface area contributed by atoms with Gasteiger partial charge in [-0.3, -0.25) is 9.35 Å². The highest BCUT2D eigenvalue weighted by Crippen LogP contribution is 2.14. The summed E-state index contributed by atoms with van der Waals surface area (Å²) < 4.78 is 30.1. The Labute approximate surface area is 205 Å². The van der Waals surface area contributed by atoms with Crippen molar-refractivity contribution in [2.24, 2.45) is 0 Å². The van der Waals surface area contributed by atoms with Crippen LogP contribution in [0, 0.1) is 0 Å². The fourth-order valence-electron chi connectivity index (χ4n) is 4.01. The van der Waals surface area contributed by atoms with E-state index in [1.807, 2.05) is 6.08 Å². The maximum Gasteiger partial charge on any atom is 0.266 e. The fourth-order valence-corrected chi connectivity index (χ4v) is 4.52. The Morgan fingerprint density at radius 3 is 1.42 bits per heavy atom. The summed E-state index contributed by atoms with van der Waals surface area (Å²) in [5.41, 5.74) is 0. The van der Waals surface area contributed by atoms with Crippen LogP contribution in [0.25, 0.3) is 0 Å². The molecule has 0 fully saturated rings. The van der Waals surface area contributed by atoms with Crippen LogP contribution in [0.3, 0.4) is 0 Å². The zero-order valence-electron chi connectivity index (χ0n) is 21.7. The quantitative estimate of drug-likeness (QED) is 0.0859. The number of likely N-dealkylation sites (N-methyl/N-ethyl adjacent to an activating group) is 1. The predicted molar refractivity (Wildman–Crippen MR) is 141 cm³/mol. The molecule has 0 saturated carbocycles. The van der Waals surface area contributed by atoms with Gasteiger partial charge in [0.1, 0.15) is 0 Å². The highest BCUT2D eigenvalue weighted by atomic mass is 32.2. The Morgan fingerprint density at radius 1 is 0.697 bits per heavy atom. The normalized spacial score (nSPS) is 12.0. The first kappa shape index (κ1) is 32.1. The molecule has 0 saturated heterocycles. The van der Waals surface area contributed by atoms with Gasteiger partial charge >= 0.3 is 0 Å². The van der Waals surface area contributed by atoms with Crippen LogP contribution in [0.4, 0.5) is 0 Å². The summed E-state index contributed by atoms with van der Waals surface area (Å²) in [6.07, 6.45) is 30.2. The molecule has 0 bridgehead atoms. The minimum atomic E-state index is -4.03. The lowest BCUT2D eigenvalue weighted by atomic mass is 10.0. The first-order chi connectivity index (χ1) is 15.9. The second kappa shape index (κ2) is 22.9. The summed E-state index contributed by atoms with van der Waals surface area (Å²) >= 11 is 0. The molecule has 0 aliphatic heterocycles. The molecular formula is C27H53NO4S. The second-order valence-corrected chi connectivity index (χ2v) is 11.2. The van der Waals surface area contributed by atoms with Crippen LogP contribution in [0.2, 0.25) is 0 Å². The molecule has 0 aromatic rings. The van der Waals surface area contributed by atoms with E-state index in [-0.39, 0.29) is 12.5 Å². The summed E-state index contributed by atoms with van der Waals surface area (Å²) in [4.78, 5) is 13.1. The number of unbranched alkanes of at least 4 members (excludes halogenated alkanes) is 19. The molecule has 0 unspecified atom stereocenters. The van der Waals surface area contributed by atoms with E-state index in [9.17, 15) is 13.2 Å². The molecule has 1 amide bonds. The number of amides is 1. The number of allylic oxidation sites excluding steroid dienone is 1. The molecule has 0 heterocycles. The third-order valence-electron chi connectivity index (χ3n) is 6.30. The van der Waals surface area contributed by atoms with Gasteiger partial charge in [0.2, 0.25) is 5.91 Å². The van der Waals surface area contributed by atoms with E-state index in [2.05, 4.69) is 6.92 Å².